The number of carbonyl (C=O) groups is 2. The van der Waals surface area contributed by atoms with Crippen LogP contribution in [0.5, 0.6) is 0 Å². The molecule has 1 heterocycles. The Hall–Kier alpha value is -2.44. The fourth-order valence-electron chi connectivity index (χ4n) is 3.10. The molecule has 1 aliphatic heterocycles. The third-order valence-corrected chi connectivity index (χ3v) is 4.93. The van der Waals surface area contributed by atoms with Crippen LogP contribution in [0.2, 0.25) is 5.02 Å². The zero-order chi connectivity index (χ0) is 19.2. The van der Waals surface area contributed by atoms with E-state index in [-0.39, 0.29) is 24.8 Å². The van der Waals surface area contributed by atoms with Gasteiger partial charge in [0.05, 0.1) is 12.5 Å². The highest BCUT2D eigenvalue weighted by molar-refractivity contribution is 6.31. The van der Waals surface area contributed by atoms with Crippen LogP contribution >= 0.6 is 11.6 Å². The summed E-state index contributed by atoms with van der Waals surface area (Å²) in [4.78, 5) is 26.5. The highest BCUT2D eigenvalue weighted by Gasteiger charge is 2.32. The Morgan fingerprint density at radius 3 is 2.74 bits per heavy atom. The maximum Gasteiger partial charge on any atom is 0.237 e. The lowest BCUT2D eigenvalue weighted by Gasteiger charge is -2.35. The third kappa shape index (κ3) is 5.05. The van der Waals surface area contributed by atoms with Gasteiger partial charge in [0.2, 0.25) is 11.8 Å². The summed E-state index contributed by atoms with van der Waals surface area (Å²) < 4.78 is 14.1. The number of hydrogen-bond acceptors (Lipinski definition) is 3. The standard InChI is InChI=1S/C20H21ClFN3O2/c21-16-7-4-8-17(22)15(16)13-25-10-9-23-20(27)18(25)11-19(26)24-12-14-5-2-1-3-6-14/h1-8,18H,9-13H2,(H,23,27)(H,24,26)/t18-/m1/s1. The maximum atomic E-state index is 14.1. The van der Waals surface area contributed by atoms with Crippen LogP contribution in [0.1, 0.15) is 17.5 Å². The molecule has 0 bridgehead atoms. The van der Waals surface area contributed by atoms with Crippen molar-refractivity contribution in [3.63, 3.8) is 0 Å². The lowest BCUT2D eigenvalue weighted by Crippen LogP contribution is -2.56. The molecule has 0 unspecified atom stereocenters. The van der Waals surface area contributed by atoms with E-state index in [1.54, 1.807) is 17.0 Å². The summed E-state index contributed by atoms with van der Waals surface area (Å²) in [7, 11) is 0. The molecule has 7 heteroatoms. The van der Waals surface area contributed by atoms with Crippen molar-refractivity contribution in [1.82, 2.24) is 15.5 Å². The predicted octanol–water partition coefficient (Wildman–Crippen LogP) is 2.49. The van der Waals surface area contributed by atoms with E-state index >= 15 is 0 Å². The second-order valence-electron chi connectivity index (χ2n) is 6.44. The molecule has 1 fully saturated rings. The van der Waals surface area contributed by atoms with E-state index in [2.05, 4.69) is 10.6 Å². The first kappa shape index (κ1) is 19.3. The van der Waals surface area contributed by atoms with Gasteiger partial charge in [-0.15, -0.1) is 0 Å². The maximum absolute atomic E-state index is 14.1. The van der Waals surface area contributed by atoms with Crippen molar-refractivity contribution in [2.75, 3.05) is 13.1 Å². The molecule has 142 valence electrons. The van der Waals surface area contributed by atoms with E-state index in [0.29, 0.717) is 30.2 Å². The number of benzene rings is 2. The van der Waals surface area contributed by atoms with E-state index < -0.39 is 11.9 Å². The van der Waals surface area contributed by atoms with Gasteiger partial charge in [0.25, 0.3) is 0 Å². The van der Waals surface area contributed by atoms with Crippen LogP contribution in [0, 0.1) is 5.82 Å². The second kappa shape index (κ2) is 8.97. The van der Waals surface area contributed by atoms with E-state index in [0.717, 1.165) is 5.56 Å². The smallest absolute Gasteiger partial charge is 0.237 e. The Morgan fingerprint density at radius 2 is 2.00 bits per heavy atom. The first-order valence-corrected chi connectivity index (χ1v) is 9.17. The van der Waals surface area contributed by atoms with Crippen molar-refractivity contribution >= 4 is 23.4 Å². The second-order valence-corrected chi connectivity index (χ2v) is 6.85. The summed E-state index contributed by atoms with van der Waals surface area (Å²) in [6, 6.07) is 13.4. The highest BCUT2D eigenvalue weighted by Crippen LogP contribution is 2.23. The van der Waals surface area contributed by atoms with Gasteiger partial charge in [0.15, 0.2) is 0 Å². The van der Waals surface area contributed by atoms with Crippen molar-refractivity contribution in [3.8, 4) is 0 Å². The van der Waals surface area contributed by atoms with Crippen LogP contribution in [-0.2, 0) is 22.7 Å². The fraction of sp³-hybridized carbons (Fsp3) is 0.300. The summed E-state index contributed by atoms with van der Waals surface area (Å²) in [5, 5.41) is 5.91. The van der Waals surface area contributed by atoms with Crippen molar-refractivity contribution in [3.05, 3.63) is 70.5 Å². The van der Waals surface area contributed by atoms with Gasteiger partial charge in [0.1, 0.15) is 5.82 Å². The number of hydrogen-bond donors (Lipinski definition) is 2. The van der Waals surface area contributed by atoms with Gasteiger partial charge in [-0.25, -0.2) is 4.39 Å². The molecule has 5 nitrogen and oxygen atoms in total. The average molecular weight is 390 g/mol. The van der Waals surface area contributed by atoms with Crippen LogP contribution in [0.25, 0.3) is 0 Å². The number of piperazine rings is 1. The molecule has 0 aromatic heterocycles. The van der Waals surface area contributed by atoms with E-state index in [9.17, 15) is 14.0 Å². The minimum absolute atomic E-state index is 0.00470. The largest absolute Gasteiger partial charge is 0.353 e. The van der Waals surface area contributed by atoms with Crippen LogP contribution in [-0.4, -0.2) is 35.8 Å². The summed E-state index contributed by atoms with van der Waals surface area (Å²) in [5.41, 5.74) is 1.32. The molecule has 2 amide bonds. The predicted molar refractivity (Wildman–Crippen MR) is 102 cm³/mol. The average Bonchev–Trinajstić information content (AvgIpc) is 2.66. The molecular formula is C20H21ClFN3O2. The van der Waals surface area contributed by atoms with Gasteiger partial charge >= 0.3 is 0 Å². The van der Waals surface area contributed by atoms with Crippen LogP contribution < -0.4 is 10.6 Å². The zero-order valence-corrected chi connectivity index (χ0v) is 15.5. The Bertz CT molecular complexity index is 796. The summed E-state index contributed by atoms with van der Waals surface area (Å²) in [6.45, 7) is 1.54. The molecule has 27 heavy (non-hydrogen) atoms. The van der Waals surface area contributed by atoms with Crippen LogP contribution in [0.3, 0.4) is 0 Å². The SMILES string of the molecule is O=C(C[C@@H]1C(=O)NCCN1Cc1c(F)cccc1Cl)NCc1ccccc1. The quantitative estimate of drug-likeness (QED) is 0.798. The summed E-state index contributed by atoms with van der Waals surface area (Å²) >= 11 is 6.11. The first-order chi connectivity index (χ1) is 13.0. The Kier molecular flexibility index (Phi) is 6.42. The molecule has 1 aliphatic rings. The minimum Gasteiger partial charge on any atom is -0.353 e. The number of nitrogens with zero attached hydrogens (tertiary/aromatic N) is 1. The molecule has 2 aromatic rings. The number of carbonyl (C=O) groups excluding carboxylic acids is 2. The van der Waals surface area contributed by atoms with Gasteiger partial charge < -0.3 is 10.6 Å². The molecule has 1 saturated heterocycles. The van der Waals surface area contributed by atoms with Gasteiger partial charge in [-0.3, -0.25) is 14.5 Å². The van der Waals surface area contributed by atoms with E-state index in [1.165, 1.54) is 6.07 Å². The fourth-order valence-corrected chi connectivity index (χ4v) is 3.33. The van der Waals surface area contributed by atoms with Crippen LogP contribution in [0.4, 0.5) is 4.39 Å². The minimum atomic E-state index is -0.662. The Balaban J connectivity index is 1.65. The third-order valence-electron chi connectivity index (χ3n) is 4.58. The normalized spacial score (nSPS) is 17.4. The monoisotopic (exact) mass is 389 g/mol. The van der Waals surface area contributed by atoms with Gasteiger partial charge in [0, 0.05) is 36.8 Å². The van der Waals surface area contributed by atoms with E-state index in [4.69, 9.17) is 11.6 Å². The van der Waals surface area contributed by atoms with Crippen molar-refractivity contribution in [1.29, 1.82) is 0 Å². The zero-order valence-electron chi connectivity index (χ0n) is 14.8. The van der Waals surface area contributed by atoms with Gasteiger partial charge in [-0.1, -0.05) is 48.0 Å². The number of amides is 2. The van der Waals surface area contributed by atoms with Crippen molar-refractivity contribution < 1.29 is 14.0 Å². The van der Waals surface area contributed by atoms with Crippen molar-refractivity contribution in [2.24, 2.45) is 0 Å². The molecule has 0 radical (unpaired) electrons. The number of rotatable bonds is 6. The Labute approximate surface area is 162 Å². The molecule has 3 rings (SSSR count). The lowest BCUT2D eigenvalue weighted by molar-refractivity contribution is -0.134. The number of halogens is 2. The molecule has 0 aliphatic carbocycles. The molecule has 2 N–H and O–H groups in total. The first-order valence-electron chi connectivity index (χ1n) is 8.80. The molecule has 1 atom stereocenters. The van der Waals surface area contributed by atoms with Gasteiger partial charge in [-0.05, 0) is 17.7 Å². The van der Waals surface area contributed by atoms with Crippen molar-refractivity contribution in [2.45, 2.75) is 25.6 Å². The lowest BCUT2D eigenvalue weighted by atomic mass is 10.1. The topological polar surface area (TPSA) is 61.4 Å². The summed E-state index contributed by atoms with van der Waals surface area (Å²) in [6.07, 6.45) is 0.00470. The molecule has 0 saturated carbocycles. The molecule has 0 spiro atoms. The highest BCUT2D eigenvalue weighted by atomic mass is 35.5. The number of nitrogens with one attached hydrogen (secondary N) is 2. The van der Waals surface area contributed by atoms with E-state index in [1.807, 2.05) is 30.3 Å². The molecular weight excluding hydrogens is 369 g/mol. The Morgan fingerprint density at radius 1 is 1.22 bits per heavy atom. The molecule has 2 aromatic carbocycles. The van der Waals surface area contributed by atoms with Crippen LogP contribution in [0.15, 0.2) is 48.5 Å². The van der Waals surface area contributed by atoms with Gasteiger partial charge in [-0.2, -0.15) is 0 Å². The summed E-state index contributed by atoms with van der Waals surface area (Å²) in [5.74, 6) is -0.880.